The number of carbonyl (C=O) groups is 1. The van der Waals surface area contributed by atoms with Crippen LogP contribution in [0.15, 0.2) is 54.7 Å². The lowest BCUT2D eigenvalue weighted by Crippen LogP contribution is -2.12. The highest BCUT2D eigenvalue weighted by Crippen LogP contribution is 2.35. The summed E-state index contributed by atoms with van der Waals surface area (Å²) >= 11 is 0. The molecular formula is C25H25FN2O2. The van der Waals surface area contributed by atoms with Crippen LogP contribution >= 0.6 is 0 Å². The lowest BCUT2D eigenvalue weighted by atomic mass is 9.81. The third-order valence-corrected chi connectivity index (χ3v) is 5.81. The van der Waals surface area contributed by atoms with Gasteiger partial charge in [0, 0.05) is 12.6 Å². The first-order chi connectivity index (χ1) is 14.7. The summed E-state index contributed by atoms with van der Waals surface area (Å²) in [6.07, 6.45) is 7.90. The van der Waals surface area contributed by atoms with Crippen LogP contribution in [0.5, 0.6) is 5.75 Å². The molecule has 0 amide bonds. The Kier molecular flexibility index (Phi) is 6.17. The summed E-state index contributed by atoms with van der Waals surface area (Å²) in [5.41, 5.74) is 2.77. The highest BCUT2D eigenvalue weighted by atomic mass is 19.1. The van der Waals surface area contributed by atoms with Gasteiger partial charge in [-0.3, -0.25) is 4.79 Å². The number of carbonyl (C=O) groups excluding carboxylic acids is 1. The van der Waals surface area contributed by atoms with Crippen molar-refractivity contribution >= 4 is 5.78 Å². The Morgan fingerprint density at radius 2 is 1.87 bits per heavy atom. The predicted molar refractivity (Wildman–Crippen MR) is 114 cm³/mol. The first-order valence-corrected chi connectivity index (χ1v) is 10.4. The van der Waals surface area contributed by atoms with E-state index in [0.29, 0.717) is 11.7 Å². The maximum Gasteiger partial charge on any atom is 0.185 e. The Hall–Kier alpha value is -3.08. The van der Waals surface area contributed by atoms with Crippen LogP contribution in [0.4, 0.5) is 4.39 Å². The molecule has 5 heteroatoms. The maximum atomic E-state index is 14.4. The molecule has 0 bridgehead atoms. The van der Waals surface area contributed by atoms with E-state index in [9.17, 15) is 9.18 Å². The Labute approximate surface area is 176 Å². The predicted octanol–water partition coefficient (Wildman–Crippen LogP) is 5.76. The van der Waals surface area contributed by atoms with E-state index in [2.05, 4.69) is 16.0 Å². The number of ketones is 1. The van der Waals surface area contributed by atoms with E-state index in [1.165, 1.54) is 57.0 Å². The van der Waals surface area contributed by atoms with Crippen LogP contribution in [-0.2, 0) is 6.42 Å². The number of rotatable bonds is 6. The van der Waals surface area contributed by atoms with Crippen molar-refractivity contribution in [2.24, 2.45) is 0 Å². The molecule has 0 unspecified atom stereocenters. The zero-order chi connectivity index (χ0) is 20.9. The average molecular weight is 404 g/mol. The number of benzene rings is 2. The first kappa shape index (κ1) is 20.2. The van der Waals surface area contributed by atoms with Crippen molar-refractivity contribution in [2.45, 2.75) is 44.4 Å². The Balaban J connectivity index is 1.61. The summed E-state index contributed by atoms with van der Waals surface area (Å²) in [5.74, 6) is 0.420. The van der Waals surface area contributed by atoms with Crippen molar-refractivity contribution in [3.8, 4) is 17.1 Å². The summed E-state index contributed by atoms with van der Waals surface area (Å²) in [5, 5.41) is 0. The lowest BCUT2D eigenvalue weighted by molar-refractivity contribution is 0.0987. The number of methoxy groups -OCH3 is 1. The minimum absolute atomic E-state index is 0.0998. The molecule has 1 aliphatic carbocycles. The molecule has 2 aromatic carbocycles. The SMILES string of the molecule is COc1cccc(F)c1-c1nccc(C(=O)Cc2ccccc2C2CCCCC2)n1. The van der Waals surface area contributed by atoms with Crippen LogP contribution in [0.25, 0.3) is 11.4 Å². The maximum absolute atomic E-state index is 14.4. The van der Waals surface area contributed by atoms with E-state index in [0.717, 1.165) is 5.56 Å². The van der Waals surface area contributed by atoms with Gasteiger partial charge in [0.1, 0.15) is 17.3 Å². The molecule has 1 aliphatic rings. The summed E-state index contributed by atoms with van der Waals surface area (Å²) in [4.78, 5) is 21.6. The van der Waals surface area contributed by atoms with Gasteiger partial charge in [0.25, 0.3) is 0 Å². The fourth-order valence-electron chi connectivity index (χ4n) is 4.30. The van der Waals surface area contributed by atoms with Crippen molar-refractivity contribution in [1.82, 2.24) is 9.97 Å². The Morgan fingerprint density at radius 3 is 2.67 bits per heavy atom. The number of hydrogen-bond acceptors (Lipinski definition) is 4. The number of ether oxygens (including phenoxy) is 1. The van der Waals surface area contributed by atoms with Gasteiger partial charge in [0.05, 0.1) is 12.7 Å². The van der Waals surface area contributed by atoms with E-state index < -0.39 is 5.82 Å². The number of Topliss-reactive ketones (excluding diaryl/α,β-unsaturated/α-hetero) is 1. The van der Waals surface area contributed by atoms with Gasteiger partial charge in [-0.15, -0.1) is 0 Å². The van der Waals surface area contributed by atoms with Crippen molar-refractivity contribution in [3.63, 3.8) is 0 Å². The molecule has 30 heavy (non-hydrogen) atoms. The average Bonchev–Trinajstić information content (AvgIpc) is 2.80. The van der Waals surface area contributed by atoms with Gasteiger partial charge in [0.15, 0.2) is 11.6 Å². The van der Waals surface area contributed by atoms with Crippen LogP contribution in [0, 0.1) is 5.82 Å². The molecule has 154 valence electrons. The third-order valence-electron chi connectivity index (χ3n) is 5.81. The van der Waals surface area contributed by atoms with Crippen LogP contribution in [0.3, 0.4) is 0 Å². The molecule has 3 aromatic rings. The number of aromatic nitrogens is 2. The number of hydrogen-bond donors (Lipinski definition) is 0. The molecule has 0 N–H and O–H groups in total. The fourth-order valence-corrected chi connectivity index (χ4v) is 4.30. The molecule has 0 radical (unpaired) electrons. The Morgan fingerprint density at radius 1 is 1.07 bits per heavy atom. The van der Waals surface area contributed by atoms with Gasteiger partial charge in [-0.05, 0) is 48.1 Å². The summed E-state index contributed by atoms with van der Waals surface area (Å²) in [6.45, 7) is 0. The third kappa shape index (κ3) is 4.25. The molecule has 1 aromatic heterocycles. The number of nitrogens with zero attached hydrogens (tertiary/aromatic N) is 2. The van der Waals surface area contributed by atoms with Crippen molar-refractivity contribution in [3.05, 3.63) is 77.4 Å². The zero-order valence-electron chi connectivity index (χ0n) is 17.1. The van der Waals surface area contributed by atoms with Crippen LogP contribution in [0.2, 0.25) is 0 Å². The second-order valence-corrected chi connectivity index (χ2v) is 7.72. The largest absolute Gasteiger partial charge is 0.496 e. The van der Waals surface area contributed by atoms with Gasteiger partial charge in [-0.1, -0.05) is 49.6 Å². The van der Waals surface area contributed by atoms with Gasteiger partial charge in [-0.25, -0.2) is 14.4 Å². The molecule has 4 nitrogen and oxygen atoms in total. The second kappa shape index (κ2) is 9.16. The quantitative estimate of drug-likeness (QED) is 0.490. The van der Waals surface area contributed by atoms with Crippen molar-refractivity contribution in [2.75, 3.05) is 7.11 Å². The molecule has 0 spiro atoms. The monoisotopic (exact) mass is 404 g/mol. The van der Waals surface area contributed by atoms with Gasteiger partial charge in [-0.2, -0.15) is 0 Å². The highest BCUT2D eigenvalue weighted by Gasteiger charge is 2.21. The molecule has 4 rings (SSSR count). The Bertz CT molecular complexity index is 1040. The van der Waals surface area contributed by atoms with Crippen LogP contribution < -0.4 is 4.74 Å². The smallest absolute Gasteiger partial charge is 0.185 e. The van der Waals surface area contributed by atoms with Crippen LogP contribution in [-0.4, -0.2) is 22.9 Å². The summed E-state index contributed by atoms with van der Waals surface area (Å²) < 4.78 is 19.7. The minimum atomic E-state index is -0.485. The summed E-state index contributed by atoms with van der Waals surface area (Å²) in [7, 11) is 1.47. The van der Waals surface area contributed by atoms with Gasteiger partial charge in [0.2, 0.25) is 0 Å². The molecule has 0 aliphatic heterocycles. The van der Waals surface area contributed by atoms with E-state index in [-0.39, 0.29) is 29.3 Å². The van der Waals surface area contributed by atoms with E-state index in [1.807, 2.05) is 18.2 Å². The van der Waals surface area contributed by atoms with Crippen LogP contribution in [0.1, 0.15) is 59.6 Å². The normalized spacial score (nSPS) is 14.5. The second-order valence-electron chi connectivity index (χ2n) is 7.72. The molecule has 0 atom stereocenters. The topological polar surface area (TPSA) is 52.1 Å². The first-order valence-electron chi connectivity index (χ1n) is 10.4. The standard InChI is InChI=1S/C25H25FN2O2/c1-30-23-13-7-12-20(26)24(23)25-27-15-14-21(28-25)22(29)16-18-10-5-6-11-19(18)17-8-3-2-4-9-17/h5-7,10-15,17H,2-4,8-9,16H2,1H3. The van der Waals surface area contributed by atoms with E-state index in [4.69, 9.17) is 4.74 Å². The van der Waals surface area contributed by atoms with Crippen molar-refractivity contribution < 1.29 is 13.9 Å². The van der Waals surface area contributed by atoms with Gasteiger partial charge < -0.3 is 4.74 Å². The fraction of sp³-hybridized carbons (Fsp3) is 0.320. The zero-order valence-corrected chi connectivity index (χ0v) is 17.1. The minimum Gasteiger partial charge on any atom is -0.496 e. The molecule has 1 fully saturated rings. The highest BCUT2D eigenvalue weighted by molar-refractivity contribution is 5.96. The molecular weight excluding hydrogens is 379 g/mol. The summed E-state index contributed by atoms with van der Waals surface area (Å²) in [6, 6.07) is 14.3. The van der Waals surface area contributed by atoms with E-state index >= 15 is 0 Å². The lowest BCUT2D eigenvalue weighted by Gasteiger charge is -2.24. The molecule has 1 heterocycles. The van der Waals surface area contributed by atoms with Crippen molar-refractivity contribution in [1.29, 1.82) is 0 Å². The van der Waals surface area contributed by atoms with Gasteiger partial charge >= 0.3 is 0 Å². The molecule has 1 saturated carbocycles. The molecule has 0 saturated heterocycles. The number of halogens is 1. The van der Waals surface area contributed by atoms with E-state index in [1.54, 1.807) is 18.2 Å².